The molecule has 1 atom stereocenters. The van der Waals surface area contributed by atoms with Crippen LogP contribution < -0.4 is 10.6 Å². The first-order chi connectivity index (χ1) is 11.1. The quantitative estimate of drug-likeness (QED) is 0.807. The molecule has 0 bridgehead atoms. The van der Waals surface area contributed by atoms with E-state index < -0.39 is 0 Å². The fourth-order valence-corrected chi connectivity index (χ4v) is 3.60. The van der Waals surface area contributed by atoms with Crippen molar-refractivity contribution in [1.82, 2.24) is 20.4 Å². The third-order valence-electron chi connectivity index (χ3n) is 5.10. The molecular formula is C17H32N4O2. The number of hydrogen-bond donors (Lipinski definition) is 2. The maximum Gasteiger partial charge on any atom is 0.317 e. The first kappa shape index (κ1) is 18.0. The summed E-state index contributed by atoms with van der Waals surface area (Å²) in [5, 5.41) is 5.98. The van der Waals surface area contributed by atoms with Crippen LogP contribution in [0.15, 0.2) is 0 Å². The molecule has 0 aromatic heterocycles. The standard InChI is InChI=1S/C17H32N4O2/c1-3-18-17(23)21-12-9-14(10-13-21)19-16(22)8-7-15-6-4-5-11-20(15)2/h14-15H,3-13H2,1-2H3,(H,18,23)(H,19,22)/t15-/m1/s1. The van der Waals surface area contributed by atoms with Crippen molar-refractivity contribution in [3.8, 4) is 0 Å². The number of carbonyl (C=O) groups is 2. The molecule has 2 heterocycles. The fourth-order valence-electron chi connectivity index (χ4n) is 3.60. The van der Waals surface area contributed by atoms with Crippen LogP contribution in [0.1, 0.15) is 51.9 Å². The molecular weight excluding hydrogens is 292 g/mol. The highest BCUT2D eigenvalue weighted by molar-refractivity contribution is 5.76. The second-order valence-corrected chi connectivity index (χ2v) is 6.83. The lowest BCUT2D eigenvalue weighted by molar-refractivity contribution is -0.122. The van der Waals surface area contributed by atoms with Gasteiger partial charge in [0.2, 0.25) is 5.91 Å². The number of amides is 3. The molecule has 6 nitrogen and oxygen atoms in total. The third-order valence-corrected chi connectivity index (χ3v) is 5.10. The second kappa shape index (κ2) is 9.11. The first-order valence-corrected chi connectivity index (χ1v) is 9.12. The Kier molecular flexibility index (Phi) is 7.15. The number of nitrogens with one attached hydrogen (secondary N) is 2. The average molecular weight is 324 g/mol. The van der Waals surface area contributed by atoms with Crippen molar-refractivity contribution in [2.75, 3.05) is 33.2 Å². The van der Waals surface area contributed by atoms with E-state index in [4.69, 9.17) is 0 Å². The van der Waals surface area contributed by atoms with E-state index in [1.54, 1.807) is 0 Å². The normalized spacial score (nSPS) is 23.6. The molecule has 0 radical (unpaired) electrons. The van der Waals surface area contributed by atoms with E-state index in [1.807, 2.05) is 11.8 Å². The highest BCUT2D eigenvalue weighted by atomic mass is 16.2. The summed E-state index contributed by atoms with van der Waals surface area (Å²) >= 11 is 0. The second-order valence-electron chi connectivity index (χ2n) is 6.83. The molecule has 2 aliphatic heterocycles. The molecule has 3 amide bonds. The van der Waals surface area contributed by atoms with Crippen molar-refractivity contribution in [3.05, 3.63) is 0 Å². The SMILES string of the molecule is CCNC(=O)N1CCC(NC(=O)CC[C@H]2CCCCN2C)CC1. The van der Waals surface area contributed by atoms with Gasteiger partial charge in [-0.3, -0.25) is 4.79 Å². The summed E-state index contributed by atoms with van der Waals surface area (Å²) in [5.74, 6) is 0.167. The Balaban J connectivity index is 1.63. The van der Waals surface area contributed by atoms with Crippen LogP contribution in [0.3, 0.4) is 0 Å². The van der Waals surface area contributed by atoms with Crippen LogP contribution in [0.2, 0.25) is 0 Å². The van der Waals surface area contributed by atoms with Gasteiger partial charge in [-0.2, -0.15) is 0 Å². The number of rotatable bonds is 5. The van der Waals surface area contributed by atoms with E-state index in [2.05, 4.69) is 22.6 Å². The summed E-state index contributed by atoms with van der Waals surface area (Å²) in [6, 6.07) is 0.795. The summed E-state index contributed by atoms with van der Waals surface area (Å²) in [6.07, 6.45) is 7.07. The highest BCUT2D eigenvalue weighted by Gasteiger charge is 2.24. The van der Waals surface area contributed by atoms with E-state index in [0.717, 1.165) is 38.9 Å². The van der Waals surface area contributed by atoms with E-state index in [1.165, 1.54) is 19.3 Å². The minimum atomic E-state index is 0.0117. The van der Waals surface area contributed by atoms with Crippen molar-refractivity contribution >= 4 is 11.9 Å². The van der Waals surface area contributed by atoms with Crippen molar-refractivity contribution in [2.24, 2.45) is 0 Å². The molecule has 2 aliphatic rings. The molecule has 23 heavy (non-hydrogen) atoms. The summed E-state index contributed by atoms with van der Waals surface area (Å²) in [7, 11) is 2.17. The number of urea groups is 1. The Morgan fingerprint density at radius 1 is 1.09 bits per heavy atom. The molecule has 0 aromatic rings. The van der Waals surface area contributed by atoms with Crippen LogP contribution in [0.4, 0.5) is 4.79 Å². The van der Waals surface area contributed by atoms with Gasteiger partial charge in [0.25, 0.3) is 0 Å². The maximum absolute atomic E-state index is 12.2. The fraction of sp³-hybridized carbons (Fsp3) is 0.882. The van der Waals surface area contributed by atoms with Crippen LogP contribution in [-0.2, 0) is 4.79 Å². The van der Waals surface area contributed by atoms with Crippen molar-refractivity contribution < 1.29 is 9.59 Å². The van der Waals surface area contributed by atoms with E-state index >= 15 is 0 Å². The molecule has 2 N–H and O–H groups in total. The number of carbonyl (C=O) groups excluding carboxylic acids is 2. The molecule has 2 fully saturated rings. The predicted octanol–water partition coefficient (Wildman–Crippen LogP) is 1.56. The third kappa shape index (κ3) is 5.68. The number of likely N-dealkylation sites (tertiary alicyclic amines) is 2. The molecule has 0 saturated carbocycles. The highest BCUT2D eigenvalue weighted by Crippen LogP contribution is 2.19. The Morgan fingerprint density at radius 2 is 1.83 bits per heavy atom. The lowest BCUT2D eigenvalue weighted by Crippen LogP contribution is -2.49. The molecule has 0 unspecified atom stereocenters. The monoisotopic (exact) mass is 324 g/mol. The van der Waals surface area contributed by atoms with Gasteiger partial charge in [0, 0.05) is 38.1 Å². The Morgan fingerprint density at radius 3 is 2.48 bits per heavy atom. The van der Waals surface area contributed by atoms with E-state index in [9.17, 15) is 9.59 Å². The van der Waals surface area contributed by atoms with Gasteiger partial charge in [0.15, 0.2) is 0 Å². The van der Waals surface area contributed by atoms with Crippen molar-refractivity contribution in [1.29, 1.82) is 0 Å². The lowest BCUT2D eigenvalue weighted by atomic mass is 9.98. The lowest BCUT2D eigenvalue weighted by Gasteiger charge is -2.33. The van der Waals surface area contributed by atoms with Gasteiger partial charge < -0.3 is 20.4 Å². The molecule has 0 aromatic carbocycles. The van der Waals surface area contributed by atoms with Gasteiger partial charge in [0.1, 0.15) is 0 Å². The molecule has 0 spiro atoms. The Labute approximate surface area is 140 Å². The van der Waals surface area contributed by atoms with Crippen LogP contribution >= 0.6 is 0 Å². The Hall–Kier alpha value is -1.30. The summed E-state index contributed by atoms with van der Waals surface area (Å²) in [5.41, 5.74) is 0. The smallest absolute Gasteiger partial charge is 0.317 e. The number of nitrogens with zero attached hydrogens (tertiary/aromatic N) is 2. The average Bonchev–Trinajstić information content (AvgIpc) is 2.55. The summed E-state index contributed by atoms with van der Waals surface area (Å²) in [6.45, 7) is 5.19. The van der Waals surface area contributed by atoms with Crippen LogP contribution in [0.5, 0.6) is 0 Å². The van der Waals surface area contributed by atoms with Crippen LogP contribution in [0.25, 0.3) is 0 Å². The predicted molar refractivity (Wildman–Crippen MR) is 91.3 cm³/mol. The zero-order chi connectivity index (χ0) is 16.7. The number of hydrogen-bond acceptors (Lipinski definition) is 3. The summed E-state index contributed by atoms with van der Waals surface area (Å²) in [4.78, 5) is 28.1. The molecule has 0 aliphatic carbocycles. The molecule has 2 saturated heterocycles. The van der Waals surface area contributed by atoms with E-state index in [0.29, 0.717) is 19.0 Å². The van der Waals surface area contributed by atoms with Gasteiger partial charge in [-0.15, -0.1) is 0 Å². The van der Waals surface area contributed by atoms with Crippen LogP contribution in [0, 0.1) is 0 Å². The maximum atomic E-state index is 12.2. The topological polar surface area (TPSA) is 64.7 Å². The van der Waals surface area contributed by atoms with Gasteiger partial charge in [-0.05, 0) is 52.6 Å². The largest absolute Gasteiger partial charge is 0.353 e. The van der Waals surface area contributed by atoms with Gasteiger partial charge in [-0.25, -0.2) is 4.79 Å². The van der Waals surface area contributed by atoms with Crippen LogP contribution in [-0.4, -0.2) is 67.0 Å². The first-order valence-electron chi connectivity index (χ1n) is 9.12. The van der Waals surface area contributed by atoms with Crippen molar-refractivity contribution in [2.45, 2.75) is 64.0 Å². The van der Waals surface area contributed by atoms with Gasteiger partial charge >= 0.3 is 6.03 Å². The zero-order valence-corrected chi connectivity index (χ0v) is 14.6. The van der Waals surface area contributed by atoms with E-state index in [-0.39, 0.29) is 18.0 Å². The Bertz CT molecular complexity index is 394. The zero-order valence-electron chi connectivity index (χ0n) is 14.6. The summed E-state index contributed by atoms with van der Waals surface area (Å²) < 4.78 is 0. The molecule has 6 heteroatoms. The van der Waals surface area contributed by atoms with Crippen molar-refractivity contribution in [3.63, 3.8) is 0 Å². The molecule has 132 valence electrons. The number of piperidine rings is 2. The van der Waals surface area contributed by atoms with Gasteiger partial charge in [-0.1, -0.05) is 6.42 Å². The molecule has 2 rings (SSSR count). The minimum Gasteiger partial charge on any atom is -0.353 e. The van der Waals surface area contributed by atoms with Gasteiger partial charge in [0.05, 0.1) is 0 Å². The minimum absolute atomic E-state index is 0.0117.